The quantitative estimate of drug-likeness (QED) is 0.728. The maximum Gasteiger partial charge on any atom is 0.226 e. The lowest BCUT2D eigenvalue weighted by molar-refractivity contribution is -0.155. The Labute approximate surface area is 103 Å². The predicted molar refractivity (Wildman–Crippen MR) is 64.7 cm³/mol. The van der Waals surface area contributed by atoms with Crippen molar-refractivity contribution in [3.63, 3.8) is 0 Å². The third-order valence-corrected chi connectivity index (χ3v) is 4.60. The number of piperidine rings is 2. The second-order valence-electron chi connectivity index (χ2n) is 5.86. The average Bonchev–Trinajstić information content (AvgIpc) is 2.37. The van der Waals surface area contributed by atoms with E-state index in [0.717, 1.165) is 65.1 Å². The van der Waals surface area contributed by atoms with Crippen LogP contribution >= 0.6 is 0 Å². The molecule has 1 atom stereocenters. The summed E-state index contributed by atoms with van der Waals surface area (Å²) in [5.41, 5.74) is 0.432. The number of amides is 1. The largest absolute Gasteiger partial charge is 0.380 e. The van der Waals surface area contributed by atoms with E-state index in [-0.39, 0.29) is 5.92 Å². The molecule has 0 saturated carbocycles. The first-order valence-corrected chi connectivity index (χ1v) is 6.86. The first kappa shape index (κ1) is 11.5. The highest BCUT2D eigenvalue weighted by molar-refractivity contribution is 5.79. The van der Waals surface area contributed by atoms with E-state index in [9.17, 15) is 4.79 Å². The van der Waals surface area contributed by atoms with Crippen LogP contribution < -0.4 is 5.32 Å². The molecular weight excluding hydrogens is 216 g/mol. The Morgan fingerprint density at radius 1 is 1.29 bits per heavy atom. The van der Waals surface area contributed by atoms with Crippen LogP contribution in [0.1, 0.15) is 25.7 Å². The molecule has 0 bridgehead atoms. The van der Waals surface area contributed by atoms with Gasteiger partial charge in [0.1, 0.15) is 0 Å². The molecule has 3 heterocycles. The van der Waals surface area contributed by atoms with E-state index in [4.69, 9.17) is 4.74 Å². The number of nitrogens with zero attached hydrogens (tertiary/aromatic N) is 1. The molecule has 0 aromatic rings. The van der Waals surface area contributed by atoms with Crippen LogP contribution in [0.2, 0.25) is 0 Å². The van der Waals surface area contributed by atoms with E-state index in [1.54, 1.807) is 0 Å². The van der Waals surface area contributed by atoms with Crippen LogP contribution in [-0.4, -0.2) is 50.2 Å². The van der Waals surface area contributed by atoms with Crippen LogP contribution in [0, 0.1) is 11.3 Å². The zero-order valence-electron chi connectivity index (χ0n) is 10.4. The number of hydrogen-bond acceptors (Lipinski definition) is 3. The van der Waals surface area contributed by atoms with Gasteiger partial charge in [0.2, 0.25) is 5.91 Å². The first-order valence-electron chi connectivity index (χ1n) is 6.86. The molecule has 0 unspecified atom stereocenters. The summed E-state index contributed by atoms with van der Waals surface area (Å²) in [5.74, 6) is 0.614. The fourth-order valence-corrected chi connectivity index (χ4v) is 3.20. The van der Waals surface area contributed by atoms with Gasteiger partial charge in [-0.05, 0) is 32.2 Å². The Balaban J connectivity index is 1.53. The molecule has 96 valence electrons. The van der Waals surface area contributed by atoms with Gasteiger partial charge in [0.25, 0.3) is 0 Å². The van der Waals surface area contributed by atoms with Crippen molar-refractivity contribution in [1.29, 1.82) is 0 Å². The van der Waals surface area contributed by atoms with Crippen LogP contribution in [0.15, 0.2) is 0 Å². The second-order valence-corrected chi connectivity index (χ2v) is 5.86. The highest BCUT2D eigenvalue weighted by Crippen LogP contribution is 2.38. The molecule has 1 N–H and O–H groups in total. The van der Waals surface area contributed by atoms with E-state index in [2.05, 4.69) is 10.2 Å². The van der Waals surface area contributed by atoms with Crippen LogP contribution in [-0.2, 0) is 9.53 Å². The van der Waals surface area contributed by atoms with E-state index in [0.29, 0.717) is 11.3 Å². The monoisotopic (exact) mass is 238 g/mol. The molecule has 3 fully saturated rings. The van der Waals surface area contributed by atoms with Gasteiger partial charge in [-0.15, -0.1) is 0 Å². The lowest BCUT2D eigenvalue weighted by atomic mass is 9.76. The minimum atomic E-state index is 0.232. The molecule has 4 nitrogen and oxygen atoms in total. The molecule has 0 aromatic heterocycles. The second kappa shape index (κ2) is 4.58. The molecule has 3 aliphatic rings. The summed E-state index contributed by atoms with van der Waals surface area (Å²) >= 11 is 0. The molecule has 17 heavy (non-hydrogen) atoms. The van der Waals surface area contributed by atoms with Crippen molar-refractivity contribution in [3.05, 3.63) is 0 Å². The first-order chi connectivity index (χ1) is 8.29. The van der Waals surface area contributed by atoms with Gasteiger partial charge in [0.15, 0.2) is 0 Å². The van der Waals surface area contributed by atoms with Gasteiger partial charge in [0, 0.05) is 25.0 Å². The summed E-state index contributed by atoms with van der Waals surface area (Å²) in [7, 11) is 0. The Hall–Kier alpha value is -0.610. The number of carbonyl (C=O) groups is 1. The van der Waals surface area contributed by atoms with Gasteiger partial charge in [-0.25, -0.2) is 0 Å². The lowest BCUT2D eigenvalue weighted by Gasteiger charge is -2.47. The summed E-state index contributed by atoms with van der Waals surface area (Å²) in [5, 5.41) is 3.33. The van der Waals surface area contributed by atoms with Crippen molar-refractivity contribution in [1.82, 2.24) is 10.2 Å². The van der Waals surface area contributed by atoms with Crippen LogP contribution in [0.4, 0.5) is 0 Å². The number of likely N-dealkylation sites (tertiary alicyclic amines) is 1. The topological polar surface area (TPSA) is 41.6 Å². The Morgan fingerprint density at radius 3 is 2.59 bits per heavy atom. The van der Waals surface area contributed by atoms with Crippen LogP contribution in [0.3, 0.4) is 0 Å². The summed E-state index contributed by atoms with van der Waals surface area (Å²) < 4.78 is 5.31. The van der Waals surface area contributed by atoms with Crippen LogP contribution in [0.5, 0.6) is 0 Å². The molecule has 0 radical (unpaired) electrons. The molecule has 4 heteroatoms. The van der Waals surface area contributed by atoms with Gasteiger partial charge in [-0.1, -0.05) is 0 Å². The zero-order chi connectivity index (χ0) is 11.7. The number of rotatable bonds is 1. The summed E-state index contributed by atoms with van der Waals surface area (Å²) in [4.78, 5) is 14.4. The number of hydrogen-bond donors (Lipinski definition) is 1. The number of ether oxygens (including phenoxy) is 1. The van der Waals surface area contributed by atoms with Crippen molar-refractivity contribution in [2.75, 3.05) is 39.4 Å². The Morgan fingerprint density at radius 2 is 2.06 bits per heavy atom. The highest BCUT2D eigenvalue weighted by atomic mass is 16.5. The van der Waals surface area contributed by atoms with Crippen molar-refractivity contribution < 1.29 is 9.53 Å². The Kier molecular flexibility index (Phi) is 3.09. The summed E-state index contributed by atoms with van der Waals surface area (Å²) in [6.45, 7) is 5.67. The van der Waals surface area contributed by atoms with Gasteiger partial charge in [-0.3, -0.25) is 4.79 Å². The minimum absolute atomic E-state index is 0.232. The Bertz CT molecular complexity index is 286. The van der Waals surface area contributed by atoms with Crippen molar-refractivity contribution in [3.8, 4) is 0 Å². The molecule has 3 saturated heterocycles. The van der Waals surface area contributed by atoms with Gasteiger partial charge in [-0.2, -0.15) is 0 Å². The standard InChI is InChI=1S/C13H22N2O2/c16-12(11-2-1-5-14-8-11)15-6-3-13(4-7-15)9-17-10-13/h11,14H,1-10H2/t11-/m0/s1. The third kappa shape index (κ3) is 2.20. The van der Waals surface area contributed by atoms with Crippen molar-refractivity contribution >= 4 is 5.91 Å². The van der Waals surface area contributed by atoms with Gasteiger partial charge < -0.3 is 15.0 Å². The SMILES string of the molecule is O=C([C@H]1CCCNC1)N1CCC2(CC1)COC2. The number of nitrogens with one attached hydrogen (secondary N) is 1. The van der Waals surface area contributed by atoms with Gasteiger partial charge >= 0.3 is 0 Å². The van der Waals surface area contributed by atoms with E-state index < -0.39 is 0 Å². The zero-order valence-corrected chi connectivity index (χ0v) is 10.4. The van der Waals surface area contributed by atoms with Crippen molar-refractivity contribution in [2.24, 2.45) is 11.3 Å². The lowest BCUT2D eigenvalue weighted by Crippen LogP contribution is -2.53. The fraction of sp³-hybridized carbons (Fsp3) is 0.923. The van der Waals surface area contributed by atoms with E-state index in [1.165, 1.54) is 0 Å². The molecule has 1 spiro atoms. The maximum absolute atomic E-state index is 12.3. The molecular formula is C13H22N2O2. The minimum Gasteiger partial charge on any atom is -0.380 e. The summed E-state index contributed by atoms with van der Waals surface area (Å²) in [6, 6.07) is 0. The normalized spacial score (nSPS) is 32.2. The molecule has 3 aliphatic heterocycles. The fourth-order valence-electron chi connectivity index (χ4n) is 3.20. The predicted octanol–water partition coefficient (Wildman–Crippen LogP) is 0.625. The molecule has 1 amide bonds. The van der Waals surface area contributed by atoms with Gasteiger partial charge in [0.05, 0.1) is 19.1 Å². The van der Waals surface area contributed by atoms with Crippen LogP contribution in [0.25, 0.3) is 0 Å². The van der Waals surface area contributed by atoms with E-state index in [1.807, 2.05) is 0 Å². The third-order valence-electron chi connectivity index (χ3n) is 4.60. The summed E-state index contributed by atoms with van der Waals surface area (Å²) in [6.07, 6.45) is 4.48. The van der Waals surface area contributed by atoms with Crippen molar-refractivity contribution in [2.45, 2.75) is 25.7 Å². The molecule has 3 rings (SSSR count). The number of carbonyl (C=O) groups excluding carboxylic acids is 1. The highest BCUT2D eigenvalue weighted by Gasteiger charge is 2.42. The molecule has 0 aromatic carbocycles. The smallest absolute Gasteiger partial charge is 0.226 e. The molecule has 0 aliphatic carbocycles. The average molecular weight is 238 g/mol. The van der Waals surface area contributed by atoms with E-state index >= 15 is 0 Å². The maximum atomic E-state index is 12.3.